The normalized spacial score (nSPS) is 10.2. The Hall–Kier alpha value is -2.71. The fourth-order valence-corrected chi connectivity index (χ4v) is 2.45. The molecule has 0 atom stereocenters. The van der Waals surface area contributed by atoms with Crippen molar-refractivity contribution in [1.82, 2.24) is 9.97 Å². The maximum atomic E-state index is 5.40. The standard InChI is InChI=1S/C17H14N4S/c1-3-12-7-8-16-13(9-12)11-18-17(20-16)19-14-5-4-6-15(10-14)21-22-2/h1,4-11,21H,2H3,(H,18,19,20). The van der Waals surface area contributed by atoms with E-state index in [1.165, 1.54) is 0 Å². The van der Waals surface area contributed by atoms with Crippen molar-refractivity contribution in [2.45, 2.75) is 0 Å². The van der Waals surface area contributed by atoms with E-state index >= 15 is 0 Å². The zero-order valence-electron chi connectivity index (χ0n) is 12.0. The highest BCUT2D eigenvalue weighted by Crippen LogP contribution is 2.21. The van der Waals surface area contributed by atoms with Crippen molar-refractivity contribution >= 4 is 40.2 Å². The molecule has 0 saturated heterocycles. The first-order valence-electron chi connectivity index (χ1n) is 6.68. The van der Waals surface area contributed by atoms with Gasteiger partial charge in [0.15, 0.2) is 0 Å². The quantitative estimate of drug-likeness (QED) is 0.562. The Bertz CT molecular complexity index is 855. The third kappa shape index (κ3) is 3.13. The summed E-state index contributed by atoms with van der Waals surface area (Å²) in [5.74, 6) is 3.17. The summed E-state index contributed by atoms with van der Waals surface area (Å²) >= 11 is 1.55. The molecule has 0 saturated carbocycles. The molecule has 22 heavy (non-hydrogen) atoms. The number of fused-ring (bicyclic) bond motifs is 1. The molecule has 0 spiro atoms. The number of aromatic nitrogens is 2. The van der Waals surface area contributed by atoms with Gasteiger partial charge in [-0.2, -0.15) is 0 Å². The molecule has 1 heterocycles. The van der Waals surface area contributed by atoms with Crippen LogP contribution in [0.5, 0.6) is 0 Å². The molecule has 0 amide bonds. The zero-order valence-corrected chi connectivity index (χ0v) is 12.8. The number of hydrogen-bond donors (Lipinski definition) is 2. The van der Waals surface area contributed by atoms with Crippen LogP contribution in [-0.4, -0.2) is 16.2 Å². The van der Waals surface area contributed by atoms with E-state index in [-0.39, 0.29) is 0 Å². The average Bonchev–Trinajstić information content (AvgIpc) is 2.55. The number of hydrogen-bond acceptors (Lipinski definition) is 5. The van der Waals surface area contributed by atoms with Gasteiger partial charge in [0.25, 0.3) is 0 Å². The molecule has 0 bridgehead atoms. The zero-order chi connectivity index (χ0) is 15.4. The Morgan fingerprint density at radius 1 is 1.14 bits per heavy atom. The first-order valence-corrected chi connectivity index (χ1v) is 7.90. The molecule has 0 aliphatic heterocycles. The largest absolute Gasteiger partial charge is 0.330 e. The summed E-state index contributed by atoms with van der Waals surface area (Å²) in [5, 5.41) is 4.14. The van der Waals surface area contributed by atoms with Gasteiger partial charge in [0, 0.05) is 34.8 Å². The topological polar surface area (TPSA) is 49.8 Å². The Kier molecular flexibility index (Phi) is 4.12. The fraction of sp³-hybridized carbons (Fsp3) is 0.0588. The molecule has 5 heteroatoms. The van der Waals surface area contributed by atoms with Crippen LogP contribution in [0, 0.1) is 12.3 Å². The minimum atomic E-state index is 0.558. The number of benzene rings is 2. The predicted octanol–water partition coefficient (Wildman–Crippen LogP) is 4.04. The number of nitrogens with one attached hydrogen (secondary N) is 2. The number of terminal acetylenes is 1. The Morgan fingerprint density at radius 2 is 2.00 bits per heavy atom. The van der Waals surface area contributed by atoms with E-state index in [4.69, 9.17) is 6.42 Å². The van der Waals surface area contributed by atoms with E-state index < -0.39 is 0 Å². The van der Waals surface area contributed by atoms with Gasteiger partial charge in [-0.05, 0) is 36.4 Å². The van der Waals surface area contributed by atoms with E-state index in [9.17, 15) is 0 Å². The minimum Gasteiger partial charge on any atom is -0.330 e. The second kappa shape index (κ2) is 6.37. The first-order chi connectivity index (χ1) is 10.8. The van der Waals surface area contributed by atoms with Crippen molar-refractivity contribution in [2.75, 3.05) is 16.3 Å². The summed E-state index contributed by atoms with van der Waals surface area (Å²) < 4.78 is 3.19. The monoisotopic (exact) mass is 306 g/mol. The molecule has 3 aromatic rings. The predicted molar refractivity (Wildman–Crippen MR) is 94.3 cm³/mol. The van der Waals surface area contributed by atoms with Crippen LogP contribution in [0.1, 0.15) is 5.56 Å². The van der Waals surface area contributed by atoms with Crippen molar-refractivity contribution in [1.29, 1.82) is 0 Å². The van der Waals surface area contributed by atoms with Crippen LogP contribution in [0.2, 0.25) is 0 Å². The molecule has 0 fully saturated rings. The molecule has 0 unspecified atom stereocenters. The molecule has 0 aliphatic rings. The highest BCUT2D eigenvalue weighted by Gasteiger charge is 2.02. The van der Waals surface area contributed by atoms with Gasteiger partial charge in [-0.25, -0.2) is 9.97 Å². The molecule has 2 N–H and O–H groups in total. The van der Waals surface area contributed by atoms with Crippen LogP contribution in [0.25, 0.3) is 10.9 Å². The highest BCUT2D eigenvalue weighted by molar-refractivity contribution is 7.99. The Balaban J connectivity index is 1.88. The SMILES string of the molecule is C#Cc1ccc2nc(Nc3cccc(NSC)c3)ncc2c1. The lowest BCUT2D eigenvalue weighted by atomic mass is 10.1. The maximum Gasteiger partial charge on any atom is 0.227 e. The average molecular weight is 306 g/mol. The lowest BCUT2D eigenvalue weighted by Crippen LogP contribution is -1.97. The molecule has 108 valence electrons. The van der Waals surface area contributed by atoms with Gasteiger partial charge in [-0.15, -0.1) is 6.42 Å². The van der Waals surface area contributed by atoms with Gasteiger partial charge in [-0.1, -0.05) is 23.9 Å². The van der Waals surface area contributed by atoms with Crippen LogP contribution in [-0.2, 0) is 0 Å². The van der Waals surface area contributed by atoms with Gasteiger partial charge in [0.1, 0.15) is 0 Å². The molecule has 0 radical (unpaired) electrons. The van der Waals surface area contributed by atoms with E-state index in [1.54, 1.807) is 18.1 Å². The summed E-state index contributed by atoms with van der Waals surface area (Å²) in [7, 11) is 0. The van der Waals surface area contributed by atoms with E-state index in [2.05, 4.69) is 25.9 Å². The smallest absolute Gasteiger partial charge is 0.227 e. The molecule has 4 nitrogen and oxygen atoms in total. The Morgan fingerprint density at radius 3 is 2.82 bits per heavy atom. The summed E-state index contributed by atoms with van der Waals surface area (Å²) in [6.07, 6.45) is 9.16. The summed E-state index contributed by atoms with van der Waals surface area (Å²) in [6, 6.07) is 13.6. The van der Waals surface area contributed by atoms with Crippen LogP contribution >= 0.6 is 11.9 Å². The first kappa shape index (κ1) is 14.2. The lowest BCUT2D eigenvalue weighted by molar-refractivity contribution is 1.21. The molecule has 3 rings (SSSR count). The van der Waals surface area contributed by atoms with Crippen LogP contribution < -0.4 is 10.0 Å². The Labute approximate surface area is 133 Å². The number of rotatable bonds is 4. The molecule has 2 aromatic carbocycles. The van der Waals surface area contributed by atoms with Gasteiger partial charge in [-0.3, -0.25) is 0 Å². The third-order valence-electron chi connectivity index (χ3n) is 3.09. The second-order valence-corrected chi connectivity index (χ2v) is 5.24. The molecular weight excluding hydrogens is 292 g/mol. The maximum absolute atomic E-state index is 5.40. The lowest BCUT2D eigenvalue weighted by Gasteiger charge is -2.08. The van der Waals surface area contributed by atoms with Crippen molar-refractivity contribution in [3.05, 3.63) is 54.2 Å². The third-order valence-corrected chi connectivity index (χ3v) is 3.52. The van der Waals surface area contributed by atoms with Crippen LogP contribution in [0.15, 0.2) is 48.7 Å². The van der Waals surface area contributed by atoms with Crippen molar-refractivity contribution in [2.24, 2.45) is 0 Å². The van der Waals surface area contributed by atoms with Crippen LogP contribution in [0.3, 0.4) is 0 Å². The number of anilines is 3. The minimum absolute atomic E-state index is 0.558. The summed E-state index contributed by atoms with van der Waals surface area (Å²) in [6.45, 7) is 0. The van der Waals surface area contributed by atoms with Crippen LogP contribution in [0.4, 0.5) is 17.3 Å². The van der Waals surface area contributed by atoms with Gasteiger partial charge < -0.3 is 10.0 Å². The van der Waals surface area contributed by atoms with Crippen molar-refractivity contribution in [3.8, 4) is 12.3 Å². The van der Waals surface area contributed by atoms with E-state index in [0.717, 1.165) is 27.8 Å². The number of nitrogens with zero attached hydrogens (tertiary/aromatic N) is 2. The molecular formula is C17H14N4S. The van der Waals surface area contributed by atoms with Gasteiger partial charge in [0.2, 0.25) is 5.95 Å². The summed E-state index contributed by atoms with van der Waals surface area (Å²) in [4.78, 5) is 8.84. The second-order valence-electron chi connectivity index (χ2n) is 4.62. The summed E-state index contributed by atoms with van der Waals surface area (Å²) in [5.41, 5.74) is 3.64. The fourth-order valence-electron chi connectivity index (χ4n) is 2.09. The van der Waals surface area contributed by atoms with E-state index in [0.29, 0.717) is 5.95 Å². The van der Waals surface area contributed by atoms with Crippen molar-refractivity contribution in [3.63, 3.8) is 0 Å². The highest BCUT2D eigenvalue weighted by atomic mass is 32.2. The van der Waals surface area contributed by atoms with Gasteiger partial charge in [0.05, 0.1) is 5.52 Å². The molecule has 1 aromatic heterocycles. The molecule has 0 aliphatic carbocycles. The van der Waals surface area contributed by atoms with Gasteiger partial charge >= 0.3 is 0 Å². The van der Waals surface area contributed by atoms with E-state index in [1.807, 2.05) is 48.7 Å². The van der Waals surface area contributed by atoms with Crippen molar-refractivity contribution < 1.29 is 0 Å².